The van der Waals surface area contributed by atoms with Gasteiger partial charge in [-0.1, -0.05) is 0 Å². The molecule has 1 unspecified atom stereocenters. The maximum absolute atomic E-state index is 2.44. The van der Waals surface area contributed by atoms with Crippen LogP contribution in [-0.2, 0) is 0 Å². The topological polar surface area (TPSA) is 0 Å². The second-order valence-electron chi connectivity index (χ2n) is 3.23. The first kappa shape index (κ1) is 10.4. The van der Waals surface area contributed by atoms with Crippen LogP contribution >= 0.6 is 0 Å². The first-order valence-electron chi connectivity index (χ1n) is 4.89. The Morgan fingerprint density at radius 2 is 2.17 bits per heavy atom. The summed E-state index contributed by atoms with van der Waals surface area (Å²) in [4.78, 5) is 0. The molecule has 12 heavy (non-hydrogen) atoms. The first-order chi connectivity index (χ1) is 5.88. The Labute approximate surface area is 86.2 Å². The zero-order valence-electron chi connectivity index (χ0n) is 8.05. The zero-order chi connectivity index (χ0) is 8.81. The van der Waals surface area contributed by atoms with Gasteiger partial charge in [0.15, 0.2) is 0 Å². The van der Waals surface area contributed by atoms with Gasteiger partial charge >= 0.3 is 86.3 Å². The van der Waals surface area contributed by atoms with Crippen molar-refractivity contribution in [2.24, 2.45) is 0 Å². The van der Waals surface area contributed by atoms with E-state index in [2.05, 4.69) is 30.1 Å². The minimum atomic E-state index is 0.171. The van der Waals surface area contributed by atoms with Crippen LogP contribution in [0.15, 0.2) is 21.8 Å². The van der Waals surface area contributed by atoms with Crippen LogP contribution in [0.4, 0.5) is 0 Å². The average Bonchev–Trinajstić information content (AvgIpc) is 2.09. The van der Waals surface area contributed by atoms with Gasteiger partial charge in [0, 0.05) is 0 Å². The predicted octanol–water partition coefficient (Wildman–Crippen LogP) is 3.53. The van der Waals surface area contributed by atoms with Crippen LogP contribution in [0.3, 0.4) is 0 Å². The standard InChI is InChI=1S/C11H18Te/c1-3-6-10-8-5-9-12-11(10)7-4-2/h5,8-9,11H,3-4,6-7H2,1-2H3. The van der Waals surface area contributed by atoms with E-state index in [9.17, 15) is 0 Å². The van der Waals surface area contributed by atoms with Crippen molar-refractivity contribution in [3.05, 3.63) is 21.8 Å². The third-order valence-electron chi connectivity index (χ3n) is 2.13. The van der Waals surface area contributed by atoms with E-state index in [-0.39, 0.29) is 20.9 Å². The molecule has 1 heteroatoms. The fraction of sp³-hybridized carbons (Fsp3) is 0.636. The quantitative estimate of drug-likeness (QED) is 0.690. The van der Waals surface area contributed by atoms with Gasteiger partial charge in [-0.2, -0.15) is 0 Å². The minimum absolute atomic E-state index is 0.171. The Morgan fingerprint density at radius 3 is 2.83 bits per heavy atom. The van der Waals surface area contributed by atoms with Crippen LogP contribution in [0.1, 0.15) is 39.5 Å². The van der Waals surface area contributed by atoms with Gasteiger partial charge in [0.2, 0.25) is 0 Å². The molecule has 0 N–H and O–H groups in total. The van der Waals surface area contributed by atoms with E-state index in [1.54, 1.807) is 5.57 Å². The number of hydrogen-bond donors (Lipinski definition) is 0. The molecule has 0 nitrogen and oxygen atoms in total. The Balaban J connectivity index is 2.50. The van der Waals surface area contributed by atoms with Crippen molar-refractivity contribution in [3.63, 3.8) is 0 Å². The summed E-state index contributed by atoms with van der Waals surface area (Å²) in [5.41, 5.74) is 1.74. The Kier molecular flexibility index (Phi) is 5.03. The van der Waals surface area contributed by atoms with E-state index in [0.29, 0.717) is 0 Å². The molecule has 1 rings (SSSR count). The summed E-state index contributed by atoms with van der Waals surface area (Å²) in [6.07, 6.45) is 10.1. The molecule has 0 saturated carbocycles. The molecule has 0 amide bonds. The molecule has 0 spiro atoms. The molecule has 0 bridgehead atoms. The van der Waals surface area contributed by atoms with Crippen molar-refractivity contribution in [1.29, 1.82) is 0 Å². The fourth-order valence-corrected chi connectivity index (χ4v) is 4.69. The molecule has 0 fully saturated rings. The van der Waals surface area contributed by atoms with Crippen molar-refractivity contribution >= 4 is 20.9 Å². The Hall–Kier alpha value is 0.270. The van der Waals surface area contributed by atoms with Gasteiger partial charge in [0.1, 0.15) is 0 Å². The van der Waals surface area contributed by atoms with Crippen LogP contribution in [0.5, 0.6) is 0 Å². The van der Waals surface area contributed by atoms with Gasteiger partial charge in [-0.3, -0.25) is 0 Å². The fourth-order valence-electron chi connectivity index (χ4n) is 1.55. The molecule has 1 aliphatic rings. The molecule has 0 aliphatic carbocycles. The molecule has 0 aromatic heterocycles. The average molecular weight is 278 g/mol. The van der Waals surface area contributed by atoms with Crippen molar-refractivity contribution in [2.75, 3.05) is 0 Å². The van der Waals surface area contributed by atoms with Crippen LogP contribution in [-0.4, -0.2) is 20.9 Å². The summed E-state index contributed by atoms with van der Waals surface area (Å²) in [5, 5.41) is 0. The summed E-state index contributed by atoms with van der Waals surface area (Å²) in [5.74, 6) is 0. The molecule has 1 aliphatic heterocycles. The number of hydrogen-bond acceptors (Lipinski definition) is 0. The molecule has 1 heterocycles. The second-order valence-corrected chi connectivity index (χ2v) is 6.41. The predicted molar refractivity (Wildman–Crippen MR) is 56.5 cm³/mol. The van der Waals surface area contributed by atoms with Crippen molar-refractivity contribution < 1.29 is 0 Å². The van der Waals surface area contributed by atoms with E-state index < -0.39 is 0 Å². The van der Waals surface area contributed by atoms with E-state index in [1.165, 1.54) is 25.7 Å². The van der Waals surface area contributed by atoms with Gasteiger partial charge in [-0.15, -0.1) is 0 Å². The maximum atomic E-state index is 2.44. The third kappa shape index (κ3) is 2.96. The molecule has 0 aromatic carbocycles. The molecule has 0 radical (unpaired) electrons. The summed E-state index contributed by atoms with van der Waals surface area (Å²) < 4.78 is 3.43. The Morgan fingerprint density at radius 1 is 1.33 bits per heavy atom. The molecule has 0 aromatic rings. The van der Waals surface area contributed by atoms with Gasteiger partial charge in [0.25, 0.3) is 0 Å². The van der Waals surface area contributed by atoms with E-state index >= 15 is 0 Å². The van der Waals surface area contributed by atoms with Crippen LogP contribution in [0.25, 0.3) is 0 Å². The van der Waals surface area contributed by atoms with Crippen molar-refractivity contribution in [1.82, 2.24) is 0 Å². The molecule has 1 atom stereocenters. The summed E-state index contributed by atoms with van der Waals surface area (Å²) >= 11 is 0.171. The van der Waals surface area contributed by atoms with E-state index in [1.807, 2.05) is 0 Å². The first-order valence-corrected chi connectivity index (χ1v) is 7.58. The number of rotatable bonds is 4. The summed E-state index contributed by atoms with van der Waals surface area (Å²) in [6.45, 7) is 4.58. The summed E-state index contributed by atoms with van der Waals surface area (Å²) in [7, 11) is 0. The van der Waals surface area contributed by atoms with Gasteiger partial charge < -0.3 is 0 Å². The monoisotopic (exact) mass is 280 g/mol. The molecular formula is C11H18Te. The third-order valence-corrected chi connectivity index (χ3v) is 5.51. The second kappa shape index (κ2) is 5.84. The van der Waals surface area contributed by atoms with Crippen molar-refractivity contribution in [3.8, 4) is 0 Å². The van der Waals surface area contributed by atoms with Gasteiger partial charge in [-0.05, 0) is 0 Å². The SMILES string of the molecule is CCCC1=CC=C[Te]C1CCC. The normalized spacial score (nSPS) is 22.5. The number of allylic oxidation sites excluding steroid dienone is 3. The molecule has 68 valence electrons. The molecule has 0 saturated heterocycles. The summed E-state index contributed by atoms with van der Waals surface area (Å²) in [6, 6.07) is 0. The Bertz CT molecular complexity index is 179. The molecular weight excluding hydrogens is 260 g/mol. The zero-order valence-corrected chi connectivity index (χ0v) is 10.4. The van der Waals surface area contributed by atoms with Crippen molar-refractivity contribution in [2.45, 2.75) is 43.5 Å². The van der Waals surface area contributed by atoms with Gasteiger partial charge in [-0.25, -0.2) is 0 Å². The van der Waals surface area contributed by atoms with Crippen LogP contribution < -0.4 is 0 Å². The van der Waals surface area contributed by atoms with Gasteiger partial charge in [0.05, 0.1) is 0 Å². The van der Waals surface area contributed by atoms with E-state index in [4.69, 9.17) is 0 Å². The van der Waals surface area contributed by atoms with E-state index in [0.717, 1.165) is 3.97 Å². The van der Waals surface area contributed by atoms with Crippen LogP contribution in [0.2, 0.25) is 3.97 Å². The van der Waals surface area contributed by atoms with Crippen LogP contribution in [0, 0.1) is 0 Å².